The third kappa shape index (κ3) is 4.74. The summed E-state index contributed by atoms with van der Waals surface area (Å²) in [7, 11) is -3.01. The largest absolute Gasteiger partial charge is 0.496 e. The third-order valence-corrected chi connectivity index (χ3v) is 5.57. The molecule has 162 valence electrons. The number of aromatic nitrogens is 4. The number of halogens is 1. The number of phosphoric acid groups is 1. The summed E-state index contributed by atoms with van der Waals surface area (Å²) in [6, 6.07) is 0. The van der Waals surface area contributed by atoms with Crippen LogP contribution in [0.1, 0.15) is 29.3 Å². The highest BCUT2D eigenvalue weighted by Gasteiger charge is 2.23. The Kier molecular flexibility index (Phi) is 6.35. The van der Waals surface area contributed by atoms with Crippen molar-refractivity contribution in [1.29, 1.82) is 0 Å². The van der Waals surface area contributed by atoms with Crippen LogP contribution in [0.25, 0.3) is 11.0 Å². The van der Waals surface area contributed by atoms with Gasteiger partial charge in [-0.05, 0) is 26.3 Å². The number of rotatable bonds is 7. The van der Waals surface area contributed by atoms with Gasteiger partial charge in [0.15, 0.2) is 0 Å². The maximum Gasteiger partial charge on any atom is 0.469 e. The molecule has 0 aromatic carbocycles. The molecule has 0 aliphatic heterocycles. The minimum absolute atomic E-state index is 0.0177. The molecule has 0 aliphatic carbocycles. The molecule has 0 amide bonds. The van der Waals surface area contributed by atoms with Crippen LogP contribution in [-0.2, 0) is 22.1 Å². The zero-order valence-corrected chi connectivity index (χ0v) is 18.6. The summed E-state index contributed by atoms with van der Waals surface area (Å²) in [5, 5.41) is 0.699. The predicted octanol–water partition coefficient (Wildman–Crippen LogP) is 2.78. The van der Waals surface area contributed by atoms with Gasteiger partial charge in [0.2, 0.25) is 5.95 Å². The highest BCUT2D eigenvalue weighted by Crippen LogP contribution is 2.39. The number of aryl methyl sites for hydroxylation is 1. The number of phosphoric ester groups is 1. The third-order valence-electron chi connectivity index (χ3n) is 4.66. The molecule has 1 atom stereocenters. The van der Waals surface area contributed by atoms with Gasteiger partial charge < -0.3 is 24.8 Å². The van der Waals surface area contributed by atoms with E-state index in [0.717, 1.165) is 22.6 Å². The van der Waals surface area contributed by atoms with Gasteiger partial charge >= 0.3 is 7.82 Å². The molecule has 30 heavy (non-hydrogen) atoms. The molecular weight excluding hydrogens is 433 g/mol. The van der Waals surface area contributed by atoms with Crippen LogP contribution in [0.15, 0.2) is 12.4 Å². The predicted molar refractivity (Wildman–Crippen MR) is 113 cm³/mol. The van der Waals surface area contributed by atoms with E-state index in [-0.39, 0.29) is 17.5 Å². The van der Waals surface area contributed by atoms with Crippen molar-refractivity contribution >= 4 is 36.4 Å². The van der Waals surface area contributed by atoms with Gasteiger partial charge in [0.25, 0.3) is 0 Å². The van der Waals surface area contributed by atoms with Crippen LogP contribution in [0.5, 0.6) is 5.75 Å². The summed E-state index contributed by atoms with van der Waals surface area (Å²) in [4.78, 5) is 31.0. The molecule has 0 radical (unpaired) electrons. The highest BCUT2D eigenvalue weighted by molar-refractivity contribution is 7.46. The second-order valence-corrected chi connectivity index (χ2v) is 8.56. The molecule has 10 nitrogen and oxygen atoms in total. The van der Waals surface area contributed by atoms with Crippen molar-refractivity contribution in [2.75, 3.05) is 12.8 Å². The van der Waals surface area contributed by atoms with Crippen LogP contribution in [0, 0.1) is 13.8 Å². The van der Waals surface area contributed by atoms with Gasteiger partial charge in [0.05, 0.1) is 30.8 Å². The van der Waals surface area contributed by atoms with Gasteiger partial charge in [-0.2, -0.15) is 4.98 Å². The van der Waals surface area contributed by atoms with Crippen LogP contribution >= 0.6 is 19.4 Å². The van der Waals surface area contributed by atoms with Crippen LogP contribution in [-0.4, -0.2) is 42.5 Å². The number of hydrogen-bond acceptors (Lipinski definition) is 7. The van der Waals surface area contributed by atoms with Gasteiger partial charge in [0, 0.05) is 29.9 Å². The SMILES string of the molecule is COc1c(C)cnc(Cn2cc(CC(C)OP(=O)(O)O)c3c(Cl)nc(N)nc32)c1C. The molecule has 0 aliphatic rings. The lowest BCUT2D eigenvalue weighted by Crippen LogP contribution is -2.10. The number of ether oxygens (including phenoxy) is 1. The van der Waals surface area contributed by atoms with E-state index in [9.17, 15) is 4.57 Å². The van der Waals surface area contributed by atoms with Crippen LogP contribution < -0.4 is 10.5 Å². The number of fused-ring (bicyclic) bond motifs is 1. The van der Waals surface area contributed by atoms with E-state index in [1.54, 1.807) is 26.4 Å². The Balaban J connectivity index is 2.07. The number of hydrogen-bond donors (Lipinski definition) is 3. The van der Waals surface area contributed by atoms with E-state index in [0.29, 0.717) is 23.1 Å². The fourth-order valence-corrected chi connectivity index (χ4v) is 4.32. The van der Waals surface area contributed by atoms with Gasteiger partial charge in [-0.25, -0.2) is 9.55 Å². The molecule has 3 aromatic heterocycles. The molecular formula is C18H23ClN5O5P. The van der Waals surface area contributed by atoms with Gasteiger partial charge in [0.1, 0.15) is 16.5 Å². The van der Waals surface area contributed by atoms with Crippen molar-refractivity contribution in [3.63, 3.8) is 0 Å². The van der Waals surface area contributed by atoms with Crippen molar-refractivity contribution in [2.24, 2.45) is 0 Å². The molecule has 0 saturated carbocycles. The fraction of sp³-hybridized carbons (Fsp3) is 0.389. The molecule has 4 N–H and O–H groups in total. The first-order valence-electron chi connectivity index (χ1n) is 9.04. The van der Waals surface area contributed by atoms with Crippen molar-refractivity contribution < 1.29 is 23.6 Å². The lowest BCUT2D eigenvalue weighted by Gasteiger charge is -2.13. The monoisotopic (exact) mass is 455 g/mol. The molecule has 3 rings (SSSR count). The number of methoxy groups -OCH3 is 1. The van der Waals surface area contributed by atoms with Crippen LogP contribution in [0.2, 0.25) is 5.15 Å². The molecule has 0 bridgehead atoms. The minimum atomic E-state index is -4.62. The maximum absolute atomic E-state index is 11.2. The standard InChI is InChI=1S/C18H23ClN5O5P/c1-9-6-21-13(11(3)15(9)28-4)8-24-7-12(5-10(2)29-30(25,26)27)14-16(19)22-18(20)23-17(14)24/h6-7,10H,5,8H2,1-4H3,(H2,20,22,23)(H2,25,26,27). The Hall–Kier alpha value is -2.23. The van der Waals surface area contributed by atoms with E-state index in [1.807, 2.05) is 18.4 Å². The lowest BCUT2D eigenvalue weighted by molar-refractivity contribution is 0.145. The molecule has 3 aromatic rings. The quantitative estimate of drug-likeness (QED) is 0.361. The number of nitrogens with two attached hydrogens (primary N) is 1. The van der Waals surface area contributed by atoms with Gasteiger partial charge in [-0.1, -0.05) is 11.6 Å². The lowest BCUT2D eigenvalue weighted by atomic mass is 10.1. The average molecular weight is 456 g/mol. The summed E-state index contributed by atoms with van der Waals surface area (Å²) in [6.07, 6.45) is 2.95. The number of nitrogens with zero attached hydrogens (tertiary/aromatic N) is 4. The number of anilines is 1. The Bertz CT molecular complexity index is 1150. The van der Waals surface area contributed by atoms with Gasteiger partial charge in [-0.15, -0.1) is 0 Å². The van der Waals surface area contributed by atoms with Crippen molar-refractivity contribution in [3.8, 4) is 5.75 Å². The Labute approximate surface area is 178 Å². The minimum Gasteiger partial charge on any atom is -0.496 e. The highest BCUT2D eigenvalue weighted by atomic mass is 35.5. The number of nitrogen functional groups attached to an aromatic ring is 1. The van der Waals surface area contributed by atoms with E-state index < -0.39 is 13.9 Å². The summed E-state index contributed by atoms with van der Waals surface area (Å²) in [6.45, 7) is 5.76. The van der Waals surface area contributed by atoms with Crippen molar-refractivity contribution in [1.82, 2.24) is 19.5 Å². The van der Waals surface area contributed by atoms with Crippen molar-refractivity contribution in [3.05, 3.63) is 39.9 Å². The Morgan fingerprint density at radius 1 is 1.33 bits per heavy atom. The topological polar surface area (TPSA) is 146 Å². The Morgan fingerprint density at radius 3 is 2.67 bits per heavy atom. The first-order valence-corrected chi connectivity index (χ1v) is 10.9. The van der Waals surface area contributed by atoms with E-state index in [2.05, 4.69) is 15.0 Å². The molecule has 12 heteroatoms. The molecule has 0 spiro atoms. The summed E-state index contributed by atoms with van der Waals surface area (Å²) in [5.41, 5.74) is 9.55. The first kappa shape index (κ1) is 22.5. The molecule has 0 saturated heterocycles. The van der Waals surface area contributed by atoms with E-state index in [1.165, 1.54) is 0 Å². The van der Waals surface area contributed by atoms with E-state index in [4.69, 9.17) is 36.4 Å². The maximum atomic E-state index is 11.2. The first-order chi connectivity index (χ1) is 14.0. The second-order valence-electron chi connectivity index (χ2n) is 7.01. The average Bonchev–Trinajstić information content (AvgIpc) is 2.93. The normalized spacial score (nSPS) is 13.0. The zero-order valence-electron chi connectivity index (χ0n) is 17.0. The summed E-state index contributed by atoms with van der Waals surface area (Å²) in [5.74, 6) is 0.775. The van der Waals surface area contributed by atoms with Crippen LogP contribution in [0.4, 0.5) is 5.95 Å². The molecule has 1 unspecified atom stereocenters. The molecule has 0 fully saturated rings. The molecule has 3 heterocycles. The van der Waals surface area contributed by atoms with Gasteiger partial charge in [-0.3, -0.25) is 9.51 Å². The number of pyridine rings is 1. The van der Waals surface area contributed by atoms with Crippen LogP contribution in [0.3, 0.4) is 0 Å². The van der Waals surface area contributed by atoms with Crippen molar-refractivity contribution in [2.45, 2.75) is 39.8 Å². The zero-order chi connectivity index (χ0) is 22.2. The second kappa shape index (κ2) is 8.49. The smallest absolute Gasteiger partial charge is 0.469 e. The summed E-state index contributed by atoms with van der Waals surface area (Å²) >= 11 is 6.33. The Morgan fingerprint density at radius 2 is 2.03 bits per heavy atom. The summed E-state index contributed by atoms with van der Waals surface area (Å²) < 4.78 is 23.2. The fourth-order valence-electron chi connectivity index (χ4n) is 3.48. The van der Waals surface area contributed by atoms with E-state index >= 15 is 0 Å².